The molecule has 69 heavy (non-hydrogen) atoms. The summed E-state index contributed by atoms with van der Waals surface area (Å²) >= 11 is 0. The van der Waals surface area contributed by atoms with Gasteiger partial charge in [-0.05, 0) is 43.4 Å². The Morgan fingerprint density at radius 3 is 1.62 bits per heavy atom. The molecule has 1 aromatic carbocycles. The molecule has 380 valence electrons. The lowest BCUT2D eigenvalue weighted by molar-refractivity contribution is -0.146. The van der Waals surface area contributed by atoms with E-state index in [1.807, 2.05) is 5.32 Å². The first-order chi connectivity index (χ1) is 32.2. The van der Waals surface area contributed by atoms with Gasteiger partial charge in [-0.2, -0.15) is 0 Å². The lowest BCUT2D eigenvalue weighted by atomic mass is 10.0. The van der Waals surface area contributed by atoms with E-state index in [0.717, 1.165) is 29.2 Å². The molecule has 31 heteroatoms. The summed E-state index contributed by atoms with van der Waals surface area (Å²) in [5.41, 5.74) is 5.51. The highest BCUT2D eigenvalue weighted by Crippen LogP contribution is 2.37. The maximum absolute atomic E-state index is 14.0. The molecule has 7 amide bonds. The molecule has 0 aromatic heterocycles. The molecule has 0 spiro atoms. The van der Waals surface area contributed by atoms with Crippen LogP contribution >= 0.6 is 7.82 Å². The Kier molecular flexibility index (Phi) is 22.8. The number of aliphatic carboxylic acids is 5. The molecule has 0 aliphatic carbocycles. The number of phosphoric acid groups is 1. The van der Waals surface area contributed by atoms with Crippen molar-refractivity contribution in [1.29, 1.82) is 0 Å². The van der Waals surface area contributed by atoms with E-state index in [1.54, 1.807) is 0 Å². The average molecular weight is 1000 g/mol. The quantitative estimate of drug-likeness (QED) is 0.0253. The van der Waals surface area contributed by atoms with E-state index in [1.165, 1.54) is 0 Å². The van der Waals surface area contributed by atoms with Crippen molar-refractivity contribution >= 4 is 85.3 Å². The summed E-state index contributed by atoms with van der Waals surface area (Å²) in [5.74, 6) is -16.8. The summed E-state index contributed by atoms with van der Waals surface area (Å²) in [7, 11) is -5.06. The molecule has 0 unspecified atom stereocenters. The maximum Gasteiger partial charge on any atom is 0.524 e. The van der Waals surface area contributed by atoms with Crippen molar-refractivity contribution < 1.29 is 107 Å². The van der Waals surface area contributed by atoms with E-state index in [0.29, 0.717) is 12.7 Å². The minimum atomic E-state index is -5.06. The van der Waals surface area contributed by atoms with E-state index in [-0.39, 0.29) is 24.3 Å². The van der Waals surface area contributed by atoms with Gasteiger partial charge in [0, 0.05) is 25.8 Å². The number of carboxylic acids is 5. The second-order valence-electron chi connectivity index (χ2n) is 15.2. The predicted molar refractivity (Wildman–Crippen MR) is 225 cm³/mol. The molecular weight excluding hydrogens is 951 g/mol. The van der Waals surface area contributed by atoms with Crippen LogP contribution in [0.4, 0.5) is 0 Å². The zero-order valence-corrected chi connectivity index (χ0v) is 37.0. The van der Waals surface area contributed by atoms with Gasteiger partial charge in [-0.3, -0.25) is 67.3 Å². The van der Waals surface area contributed by atoms with E-state index in [4.69, 9.17) is 20.6 Å². The molecule has 1 aliphatic rings. The lowest BCUT2D eigenvalue weighted by Crippen LogP contribution is -2.60. The summed E-state index contributed by atoms with van der Waals surface area (Å²) in [5, 5.41) is 59.4. The first-order valence-corrected chi connectivity index (χ1v) is 22.0. The van der Waals surface area contributed by atoms with Crippen LogP contribution in [0.1, 0.15) is 63.4 Å². The zero-order valence-electron chi connectivity index (χ0n) is 36.1. The Morgan fingerprint density at radius 1 is 0.652 bits per heavy atom. The van der Waals surface area contributed by atoms with Crippen LogP contribution in [0.25, 0.3) is 0 Å². The Hall–Kier alpha value is -7.56. The second-order valence-corrected chi connectivity index (χ2v) is 16.3. The molecular formula is C38H51N8O22P. The molecule has 2 rings (SSSR count). The van der Waals surface area contributed by atoms with Crippen molar-refractivity contribution in [2.75, 3.05) is 13.1 Å². The number of rotatable bonds is 30. The number of likely N-dealkylation sites (tertiary alicyclic amines) is 1. The first kappa shape index (κ1) is 57.6. The molecule has 1 heterocycles. The monoisotopic (exact) mass is 1000 g/mol. The number of aldehydes is 1. The van der Waals surface area contributed by atoms with E-state index >= 15 is 0 Å². The fraction of sp³-hybridized carbons (Fsp3) is 0.500. The molecule has 0 saturated carbocycles. The summed E-state index contributed by atoms with van der Waals surface area (Å²) < 4.78 is 15.8. The third kappa shape index (κ3) is 21.3. The lowest BCUT2D eigenvalue weighted by Gasteiger charge is -2.28. The highest BCUT2D eigenvalue weighted by atomic mass is 31.2. The minimum Gasteiger partial charge on any atom is -0.481 e. The van der Waals surface area contributed by atoms with Gasteiger partial charge in [0.05, 0.1) is 37.9 Å². The summed E-state index contributed by atoms with van der Waals surface area (Å²) in [4.78, 5) is 182. The van der Waals surface area contributed by atoms with Gasteiger partial charge in [0.25, 0.3) is 0 Å². The number of benzene rings is 1. The van der Waals surface area contributed by atoms with Gasteiger partial charge in [0.15, 0.2) is 0 Å². The van der Waals surface area contributed by atoms with Crippen molar-refractivity contribution in [2.24, 2.45) is 5.73 Å². The maximum atomic E-state index is 14.0. The van der Waals surface area contributed by atoms with Crippen molar-refractivity contribution in [1.82, 2.24) is 36.8 Å². The van der Waals surface area contributed by atoms with Crippen LogP contribution in [0.15, 0.2) is 24.3 Å². The minimum absolute atomic E-state index is 0.00959. The van der Waals surface area contributed by atoms with Crippen LogP contribution in [0.3, 0.4) is 0 Å². The number of carbonyl (C=O) groups is 13. The Balaban J connectivity index is 2.51. The predicted octanol–water partition coefficient (Wildman–Crippen LogP) is -5.09. The van der Waals surface area contributed by atoms with Crippen LogP contribution in [0.5, 0.6) is 5.75 Å². The number of hydrogen-bond donors (Lipinski definition) is 14. The fourth-order valence-corrected chi connectivity index (χ4v) is 6.82. The Labute approximate surface area is 389 Å². The largest absolute Gasteiger partial charge is 0.524 e. The smallest absolute Gasteiger partial charge is 0.481 e. The van der Waals surface area contributed by atoms with Crippen LogP contribution in [0, 0.1) is 0 Å². The van der Waals surface area contributed by atoms with Gasteiger partial charge in [0.1, 0.15) is 42.2 Å². The Morgan fingerprint density at radius 2 is 1.12 bits per heavy atom. The summed E-state index contributed by atoms with van der Waals surface area (Å²) in [6, 6.07) is -7.90. The van der Waals surface area contributed by atoms with Gasteiger partial charge >= 0.3 is 37.7 Å². The number of carboxylic acid groups (broad SMARTS) is 5. The number of phosphoric ester groups is 1. The van der Waals surface area contributed by atoms with Gasteiger partial charge < -0.3 is 77.4 Å². The molecule has 0 radical (unpaired) electrons. The normalized spacial score (nSPS) is 15.8. The third-order valence-corrected chi connectivity index (χ3v) is 10.1. The van der Waals surface area contributed by atoms with Crippen LogP contribution in [-0.4, -0.2) is 173 Å². The highest BCUT2D eigenvalue weighted by molar-refractivity contribution is 7.46. The number of nitrogens with zero attached hydrogens (tertiary/aromatic N) is 1. The average Bonchev–Trinajstić information content (AvgIpc) is 3.73. The molecule has 1 aliphatic heterocycles. The van der Waals surface area contributed by atoms with Crippen molar-refractivity contribution in [3.63, 3.8) is 0 Å². The molecule has 15 N–H and O–H groups in total. The molecule has 1 aromatic rings. The van der Waals surface area contributed by atoms with Crippen LogP contribution < -0.4 is 42.2 Å². The Bertz CT molecular complexity index is 2170. The first-order valence-electron chi connectivity index (χ1n) is 20.4. The zero-order chi connectivity index (χ0) is 52.2. The number of nitrogens with one attached hydrogen (secondary N) is 6. The topological polar surface area (TPSA) is 491 Å². The van der Waals surface area contributed by atoms with Gasteiger partial charge in [-0.1, -0.05) is 12.1 Å². The van der Waals surface area contributed by atoms with Crippen LogP contribution in [-0.2, 0) is 73.3 Å². The molecule has 1 saturated heterocycles. The number of carbonyl (C=O) groups excluding carboxylic acids is 8. The van der Waals surface area contributed by atoms with Crippen LogP contribution in [0.2, 0.25) is 0 Å². The van der Waals surface area contributed by atoms with Gasteiger partial charge in [0.2, 0.25) is 41.4 Å². The van der Waals surface area contributed by atoms with E-state index in [9.17, 15) is 87.3 Å². The second kappa shape index (κ2) is 27.3. The fourth-order valence-electron chi connectivity index (χ4n) is 6.42. The van der Waals surface area contributed by atoms with Gasteiger partial charge in [-0.25, -0.2) is 4.57 Å². The molecule has 0 bridgehead atoms. The number of nitrogens with two attached hydrogens (primary N) is 1. The standard InChI is InChI=1S/C38H51N8O22P/c39-21(13-30(53)54)33(59)40-16-27(48)41-22(7-9-28(49)50)34(60)42-23(8-10-29(51)52)35(61)43-24(12-18-3-5-20(6-4-18)68-69(65,66)67)36(62)44-25(14-31(55)56)37(63)45-26(15-32(57)58)38(64)46-11-1-2-19(46)17-47/h3-6,17,19,21-26H,1-2,7-16,39H2,(H,40,59)(H,41,48)(H,42,60)(H,43,61)(H,44,62)(H,45,63)(H,49,50)(H,51,52)(H,53,54)(H,55,56)(H,57,58)(H2,65,66,67)/t19-,21-,22-,23-,24-,25-,26-/m0/s1. The summed E-state index contributed by atoms with van der Waals surface area (Å²) in [6.07, 6.45) is -5.76. The third-order valence-electron chi connectivity index (χ3n) is 9.70. The van der Waals surface area contributed by atoms with Crippen molar-refractivity contribution in [2.45, 2.75) is 107 Å². The SMILES string of the molecule is N[C@@H](CC(=O)O)C(=O)NCC(=O)N[C@@H](CCC(=O)O)C(=O)N[C@@H](CCC(=O)O)C(=O)N[C@@H](Cc1ccc(OP(=O)(O)O)cc1)C(=O)N[C@@H](CC(=O)O)C(=O)N[C@@H](CC(=O)O)C(=O)N1CCC[C@H]1C=O. The van der Waals surface area contributed by atoms with Crippen molar-refractivity contribution in [3.05, 3.63) is 29.8 Å². The van der Waals surface area contributed by atoms with Gasteiger partial charge in [-0.15, -0.1) is 0 Å². The highest BCUT2D eigenvalue weighted by Gasteiger charge is 2.38. The van der Waals surface area contributed by atoms with E-state index in [2.05, 4.69) is 31.1 Å². The molecule has 7 atom stereocenters. The molecule has 30 nitrogen and oxygen atoms in total. The summed E-state index contributed by atoms with van der Waals surface area (Å²) in [6.45, 7) is -0.901. The number of hydrogen-bond acceptors (Lipinski definition) is 16. The number of amides is 7. The van der Waals surface area contributed by atoms with Crippen molar-refractivity contribution in [3.8, 4) is 5.75 Å². The molecule has 1 fully saturated rings. The van der Waals surface area contributed by atoms with E-state index < -0.39 is 179 Å².